The van der Waals surface area contributed by atoms with Gasteiger partial charge in [-0.2, -0.15) is 0 Å². The molecular formula is C34H34N6. The highest BCUT2D eigenvalue weighted by molar-refractivity contribution is 5.83. The quantitative estimate of drug-likeness (QED) is 0.207. The molecule has 0 saturated heterocycles. The van der Waals surface area contributed by atoms with E-state index in [-0.39, 0.29) is 0 Å². The van der Waals surface area contributed by atoms with Crippen LogP contribution in [0.1, 0.15) is 35.4 Å². The van der Waals surface area contributed by atoms with Gasteiger partial charge in [-0.15, -0.1) is 0 Å². The normalized spacial score (nSPS) is 18.5. The van der Waals surface area contributed by atoms with Gasteiger partial charge < -0.3 is 15.3 Å². The summed E-state index contributed by atoms with van der Waals surface area (Å²) in [5.74, 6) is 1.01. The standard InChI is InChI=1S/C34H34N6/c1-2-8-31-29(7-1)27(21-37-31)20-35-19-24-11-13-25(14-12-24)22-40(23-34-38-32-9-3-4-10-33(32)39-34)28-15-16-30-26(18-28)6-5-17-36-30/h1-14,17-18,21,28,30,35,37H,15-16,19-20,22-23H2,(H,38,39). The van der Waals surface area contributed by atoms with Gasteiger partial charge in [0.15, 0.2) is 0 Å². The van der Waals surface area contributed by atoms with Gasteiger partial charge in [0.25, 0.3) is 0 Å². The molecule has 2 aliphatic rings. The Morgan fingerprint density at radius 3 is 2.58 bits per heavy atom. The molecule has 2 aromatic heterocycles. The van der Waals surface area contributed by atoms with Crippen molar-refractivity contribution in [3.05, 3.63) is 125 Å². The van der Waals surface area contributed by atoms with Crippen molar-refractivity contribution in [2.75, 3.05) is 0 Å². The molecule has 0 spiro atoms. The molecule has 3 heterocycles. The number of aromatic amines is 2. The first kappa shape index (κ1) is 24.8. The summed E-state index contributed by atoms with van der Waals surface area (Å²) in [6, 6.07) is 26.4. The van der Waals surface area contributed by atoms with Crippen LogP contribution in [0.2, 0.25) is 0 Å². The molecule has 6 heteroatoms. The highest BCUT2D eigenvalue weighted by Crippen LogP contribution is 2.29. The Bertz CT molecular complexity index is 1670. The van der Waals surface area contributed by atoms with Crippen molar-refractivity contribution >= 4 is 28.2 Å². The molecule has 5 aromatic rings. The van der Waals surface area contributed by atoms with E-state index in [1.165, 1.54) is 33.2 Å². The molecule has 3 N–H and O–H groups in total. The second-order valence-electron chi connectivity index (χ2n) is 10.9. The molecule has 3 aromatic carbocycles. The van der Waals surface area contributed by atoms with Gasteiger partial charge in [0.2, 0.25) is 0 Å². The monoisotopic (exact) mass is 526 g/mol. The number of nitrogens with zero attached hydrogens (tertiary/aromatic N) is 3. The van der Waals surface area contributed by atoms with Crippen LogP contribution < -0.4 is 5.32 Å². The van der Waals surface area contributed by atoms with Crippen molar-refractivity contribution in [3.8, 4) is 0 Å². The lowest BCUT2D eigenvalue weighted by Crippen LogP contribution is -2.37. The first-order valence-electron chi connectivity index (χ1n) is 14.2. The van der Waals surface area contributed by atoms with Gasteiger partial charge >= 0.3 is 0 Å². The Kier molecular flexibility index (Phi) is 6.86. The van der Waals surface area contributed by atoms with E-state index >= 15 is 0 Å². The van der Waals surface area contributed by atoms with Gasteiger partial charge in [-0.05, 0) is 59.4 Å². The minimum Gasteiger partial charge on any atom is -0.361 e. The lowest BCUT2D eigenvalue weighted by molar-refractivity contribution is 0.188. The minimum absolute atomic E-state index is 0.311. The van der Waals surface area contributed by atoms with Gasteiger partial charge in [0.1, 0.15) is 5.82 Å². The van der Waals surface area contributed by atoms with Gasteiger partial charge in [0, 0.05) is 49.0 Å². The number of aliphatic imine (C=N–C) groups is 1. The van der Waals surface area contributed by atoms with Gasteiger partial charge in [-0.1, -0.05) is 66.7 Å². The van der Waals surface area contributed by atoms with Crippen LogP contribution in [0.15, 0.2) is 108 Å². The number of imidazole rings is 1. The van der Waals surface area contributed by atoms with Crippen LogP contribution in [-0.2, 0) is 26.2 Å². The Morgan fingerprint density at radius 1 is 0.850 bits per heavy atom. The number of dihydropyridines is 1. The number of rotatable bonds is 9. The summed E-state index contributed by atoms with van der Waals surface area (Å²) in [7, 11) is 0. The van der Waals surface area contributed by atoms with Crippen molar-refractivity contribution in [3.63, 3.8) is 0 Å². The largest absolute Gasteiger partial charge is 0.361 e. The van der Waals surface area contributed by atoms with Crippen LogP contribution >= 0.6 is 0 Å². The third-order valence-electron chi connectivity index (χ3n) is 8.13. The van der Waals surface area contributed by atoms with Crippen LogP contribution in [-0.4, -0.2) is 38.2 Å². The first-order chi connectivity index (χ1) is 19.8. The smallest absolute Gasteiger partial charge is 0.121 e. The molecule has 1 aliphatic carbocycles. The molecule has 0 amide bonds. The second kappa shape index (κ2) is 11.1. The van der Waals surface area contributed by atoms with Crippen molar-refractivity contribution in [1.82, 2.24) is 25.2 Å². The van der Waals surface area contributed by atoms with E-state index in [1.807, 2.05) is 12.3 Å². The Morgan fingerprint density at radius 2 is 1.68 bits per heavy atom. The molecule has 1 aliphatic heterocycles. The topological polar surface area (TPSA) is 72.1 Å². The number of para-hydroxylation sites is 3. The summed E-state index contributed by atoms with van der Waals surface area (Å²) < 4.78 is 0. The molecule has 0 saturated carbocycles. The average molecular weight is 527 g/mol. The molecule has 0 radical (unpaired) electrons. The fourth-order valence-corrected chi connectivity index (χ4v) is 6.01. The summed E-state index contributed by atoms with van der Waals surface area (Å²) >= 11 is 0. The van der Waals surface area contributed by atoms with Gasteiger partial charge in [0.05, 0.1) is 23.6 Å². The van der Waals surface area contributed by atoms with Gasteiger partial charge in [-0.25, -0.2) is 4.98 Å². The molecule has 40 heavy (non-hydrogen) atoms. The van der Waals surface area contributed by atoms with Crippen molar-refractivity contribution < 1.29 is 0 Å². The first-order valence-corrected chi connectivity index (χ1v) is 14.2. The molecule has 0 fully saturated rings. The number of benzene rings is 3. The zero-order valence-electron chi connectivity index (χ0n) is 22.6. The number of fused-ring (bicyclic) bond motifs is 3. The zero-order chi connectivity index (χ0) is 26.7. The summed E-state index contributed by atoms with van der Waals surface area (Å²) in [5, 5.41) is 4.90. The molecule has 7 rings (SSSR count). The third-order valence-corrected chi connectivity index (χ3v) is 8.13. The van der Waals surface area contributed by atoms with Crippen molar-refractivity contribution in [2.45, 2.75) is 51.1 Å². The zero-order valence-corrected chi connectivity index (χ0v) is 22.6. The van der Waals surface area contributed by atoms with E-state index in [1.54, 1.807) is 0 Å². The lowest BCUT2D eigenvalue weighted by Gasteiger charge is -2.34. The van der Waals surface area contributed by atoms with Gasteiger partial charge in [-0.3, -0.25) is 9.89 Å². The molecule has 2 unspecified atom stereocenters. The summed E-state index contributed by atoms with van der Waals surface area (Å²) in [6.07, 6.45) is 12.9. The predicted octanol–water partition coefficient (Wildman–Crippen LogP) is 6.43. The Hall–Kier alpha value is -4.26. The number of hydrogen-bond donors (Lipinski definition) is 3. The maximum atomic E-state index is 4.89. The molecule has 0 bridgehead atoms. The number of aromatic nitrogens is 3. The predicted molar refractivity (Wildman–Crippen MR) is 163 cm³/mol. The highest BCUT2D eigenvalue weighted by Gasteiger charge is 2.27. The number of nitrogens with one attached hydrogen (secondary N) is 3. The van der Waals surface area contributed by atoms with Crippen LogP contribution in [0, 0.1) is 0 Å². The summed E-state index contributed by atoms with van der Waals surface area (Å²) in [4.78, 5) is 19.0. The average Bonchev–Trinajstić information content (AvgIpc) is 3.61. The fourth-order valence-electron chi connectivity index (χ4n) is 6.01. The minimum atomic E-state index is 0.311. The molecule has 2 atom stereocenters. The summed E-state index contributed by atoms with van der Waals surface area (Å²) in [6.45, 7) is 3.32. The highest BCUT2D eigenvalue weighted by atomic mass is 15.2. The van der Waals surface area contributed by atoms with E-state index in [0.717, 1.165) is 55.9 Å². The van der Waals surface area contributed by atoms with E-state index in [4.69, 9.17) is 4.98 Å². The van der Waals surface area contributed by atoms with Crippen molar-refractivity contribution in [1.29, 1.82) is 0 Å². The van der Waals surface area contributed by atoms with Crippen molar-refractivity contribution in [2.24, 2.45) is 4.99 Å². The molecule has 200 valence electrons. The lowest BCUT2D eigenvalue weighted by atomic mass is 9.89. The Labute approximate surface area is 234 Å². The number of allylic oxidation sites excluding steroid dienone is 1. The van der Waals surface area contributed by atoms with E-state index in [2.05, 4.69) is 116 Å². The van der Waals surface area contributed by atoms with E-state index < -0.39 is 0 Å². The second-order valence-corrected chi connectivity index (χ2v) is 10.9. The summed E-state index contributed by atoms with van der Waals surface area (Å²) in [5.41, 5.74) is 8.55. The van der Waals surface area contributed by atoms with Crippen LogP contribution in [0.3, 0.4) is 0 Å². The number of hydrogen-bond acceptors (Lipinski definition) is 4. The SMILES string of the molecule is C1=CC2=CC(N(Cc3ccc(CNCc4c[nH]c5ccccc45)cc3)Cc3nc4ccccc4[nH]3)CCC2N=C1. The van der Waals surface area contributed by atoms with Crippen LogP contribution in [0.5, 0.6) is 0 Å². The number of H-pyrrole nitrogens is 2. The van der Waals surface area contributed by atoms with E-state index in [9.17, 15) is 0 Å². The van der Waals surface area contributed by atoms with Crippen LogP contribution in [0.25, 0.3) is 21.9 Å². The molecule has 6 nitrogen and oxygen atoms in total. The maximum absolute atomic E-state index is 4.89. The maximum Gasteiger partial charge on any atom is 0.121 e. The third kappa shape index (κ3) is 5.28. The van der Waals surface area contributed by atoms with E-state index in [0.29, 0.717) is 12.1 Å². The Balaban J connectivity index is 1.05. The molecular weight excluding hydrogens is 492 g/mol. The van der Waals surface area contributed by atoms with Crippen LogP contribution in [0.4, 0.5) is 0 Å². The fraction of sp³-hybridized carbons (Fsp3) is 0.235.